The van der Waals surface area contributed by atoms with Gasteiger partial charge in [0.2, 0.25) is 0 Å². The molecule has 26 heavy (non-hydrogen) atoms. The van der Waals surface area contributed by atoms with E-state index in [-0.39, 0.29) is 16.9 Å². The minimum Gasteiger partial charge on any atom is -0.496 e. The number of nitrogens with zero attached hydrogens (tertiary/aromatic N) is 2. The first kappa shape index (κ1) is 17.1. The van der Waals surface area contributed by atoms with Crippen molar-refractivity contribution in [1.82, 2.24) is 4.57 Å². The third-order valence-electron chi connectivity index (χ3n) is 4.09. The van der Waals surface area contributed by atoms with Crippen molar-refractivity contribution in [3.05, 3.63) is 66.0 Å². The number of benzene rings is 2. The van der Waals surface area contributed by atoms with Crippen molar-refractivity contribution in [3.8, 4) is 28.6 Å². The summed E-state index contributed by atoms with van der Waals surface area (Å²) in [5.74, 6) is 0.0189. The number of ether oxygens (including phenoxy) is 2. The summed E-state index contributed by atoms with van der Waals surface area (Å²) in [5, 5.41) is 9.23. The first-order valence-electron chi connectivity index (χ1n) is 7.83. The van der Waals surface area contributed by atoms with Crippen LogP contribution in [0.15, 0.2) is 54.7 Å². The van der Waals surface area contributed by atoms with E-state index in [1.165, 1.54) is 17.9 Å². The minimum absolute atomic E-state index is 0.0884. The average Bonchev–Trinajstić information content (AvgIpc) is 3.03. The molecule has 1 heterocycles. The van der Waals surface area contributed by atoms with Crippen LogP contribution >= 0.6 is 0 Å². The Balaban J connectivity index is 2.17. The SMILES string of the molecule is COC(=O)c1c(N)c(C#N)cn1-c1ccc(-c2ccccc2)c(OC)c1. The lowest BCUT2D eigenvalue weighted by Crippen LogP contribution is -2.11. The van der Waals surface area contributed by atoms with Crippen molar-refractivity contribution in [2.75, 3.05) is 20.0 Å². The van der Waals surface area contributed by atoms with Gasteiger partial charge < -0.3 is 19.8 Å². The zero-order valence-corrected chi connectivity index (χ0v) is 14.4. The maximum absolute atomic E-state index is 12.1. The molecule has 6 heteroatoms. The third kappa shape index (κ3) is 2.87. The fourth-order valence-electron chi connectivity index (χ4n) is 2.80. The van der Waals surface area contributed by atoms with Gasteiger partial charge in [-0.05, 0) is 17.7 Å². The van der Waals surface area contributed by atoms with E-state index in [0.29, 0.717) is 11.4 Å². The van der Waals surface area contributed by atoms with Crippen LogP contribution in [0.25, 0.3) is 16.8 Å². The van der Waals surface area contributed by atoms with Gasteiger partial charge >= 0.3 is 5.97 Å². The van der Waals surface area contributed by atoms with Gasteiger partial charge in [0.05, 0.1) is 25.5 Å². The molecule has 0 radical (unpaired) electrons. The van der Waals surface area contributed by atoms with Crippen molar-refractivity contribution in [3.63, 3.8) is 0 Å². The Hall–Kier alpha value is -3.72. The second-order valence-corrected chi connectivity index (χ2v) is 5.53. The number of rotatable bonds is 4. The van der Waals surface area contributed by atoms with Gasteiger partial charge in [0.15, 0.2) is 5.69 Å². The van der Waals surface area contributed by atoms with E-state index in [2.05, 4.69) is 0 Å². The smallest absolute Gasteiger partial charge is 0.357 e. The molecule has 0 saturated heterocycles. The maximum Gasteiger partial charge on any atom is 0.357 e. The molecule has 0 bridgehead atoms. The van der Waals surface area contributed by atoms with E-state index >= 15 is 0 Å². The van der Waals surface area contributed by atoms with Crippen LogP contribution in [0.1, 0.15) is 16.1 Å². The fraction of sp³-hybridized carbons (Fsp3) is 0.100. The van der Waals surface area contributed by atoms with Crippen LogP contribution in [0.4, 0.5) is 5.69 Å². The van der Waals surface area contributed by atoms with Gasteiger partial charge in [-0.1, -0.05) is 30.3 Å². The van der Waals surface area contributed by atoms with Crippen LogP contribution < -0.4 is 10.5 Å². The normalized spacial score (nSPS) is 10.2. The highest BCUT2D eigenvalue weighted by molar-refractivity contribution is 5.96. The summed E-state index contributed by atoms with van der Waals surface area (Å²) in [6.45, 7) is 0. The Bertz CT molecular complexity index is 1000. The number of carbonyl (C=O) groups excluding carboxylic acids is 1. The lowest BCUT2D eigenvalue weighted by atomic mass is 10.0. The number of carbonyl (C=O) groups is 1. The van der Waals surface area contributed by atoms with E-state index in [1.54, 1.807) is 13.2 Å². The Labute approximate surface area is 151 Å². The maximum atomic E-state index is 12.1. The highest BCUT2D eigenvalue weighted by atomic mass is 16.5. The number of hydrogen-bond acceptors (Lipinski definition) is 5. The van der Waals surface area contributed by atoms with Crippen LogP contribution in [0.3, 0.4) is 0 Å². The molecule has 0 aliphatic heterocycles. The number of nitrogen functional groups attached to an aromatic ring is 1. The molecule has 2 aromatic carbocycles. The number of hydrogen-bond donors (Lipinski definition) is 1. The highest BCUT2D eigenvalue weighted by Crippen LogP contribution is 2.33. The molecule has 1 aromatic heterocycles. The van der Waals surface area contributed by atoms with Crippen LogP contribution in [-0.4, -0.2) is 24.8 Å². The lowest BCUT2D eigenvalue weighted by Gasteiger charge is -2.13. The summed E-state index contributed by atoms with van der Waals surface area (Å²) in [4.78, 5) is 12.1. The molecule has 2 N–H and O–H groups in total. The molecule has 0 atom stereocenters. The van der Waals surface area contributed by atoms with Crippen molar-refractivity contribution in [2.45, 2.75) is 0 Å². The monoisotopic (exact) mass is 347 g/mol. The predicted octanol–water partition coefficient (Wildman–Crippen LogP) is 3.39. The topological polar surface area (TPSA) is 90.3 Å². The number of aromatic nitrogens is 1. The van der Waals surface area contributed by atoms with E-state index in [0.717, 1.165) is 11.1 Å². The van der Waals surface area contributed by atoms with Crippen LogP contribution in [0, 0.1) is 11.3 Å². The Morgan fingerprint density at radius 1 is 1.15 bits per heavy atom. The van der Waals surface area contributed by atoms with Crippen molar-refractivity contribution < 1.29 is 14.3 Å². The van der Waals surface area contributed by atoms with Gasteiger partial charge in [-0.15, -0.1) is 0 Å². The van der Waals surface area contributed by atoms with Gasteiger partial charge in [-0.2, -0.15) is 5.26 Å². The predicted molar refractivity (Wildman–Crippen MR) is 98.2 cm³/mol. The van der Waals surface area contributed by atoms with Crippen molar-refractivity contribution >= 4 is 11.7 Å². The molecular weight excluding hydrogens is 330 g/mol. The Morgan fingerprint density at radius 2 is 1.88 bits per heavy atom. The standard InChI is InChI=1S/C20H17N3O3/c1-25-17-10-15(8-9-16(17)13-6-4-3-5-7-13)23-12-14(11-21)18(22)19(23)20(24)26-2/h3-10,12H,22H2,1-2H3. The number of anilines is 1. The summed E-state index contributed by atoms with van der Waals surface area (Å²) in [6.07, 6.45) is 1.51. The number of nitrogens with two attached hydrogens (primary N) is 1. The number of esters is 1. The largest absolute Gasteiger partial charge is 0.496 e. The highest BCUT2D eigenvalue weighted by Gasteiger charge is 2.22. The summed E-state index contributed by atoms with van der Waals surface area (Å²) >= 11 is 0. The average molecular weight is 347 g/mol. The van der Waals surface area contributed by atoms with E-state index in [1.807, 2.05) is 48.5 Å². The zero-order chi connectivity index (χ0) is 18.7. The molecule has 0 unspecified atom stereocenters. The van der Waals surface area contributed by atoms with Crippen LogP contribution in [0.2, 0.25) is 0 Å². The number of methoxy groups -OCH3 is 2. The second kappa shape index (κ2) is 7.03. The van der Waals surface area contributed by atoms with Crippen molar-refractivity contribution in [2.24, 2.45) is 0 Å². The van der Waals surface area contributed by atoms with Crippen molar-refractivity contribution in [1.29, 1.82) is 5.26 Å². The van der Waals surface area contributed by atoms with Crippen LogP contribution in [-0.2, 0) is 4.74 Å². The van der Waals surface area contributed by atoms with E-state index < -0.39 is 5.97 Å². The van der Waals surface area contributed by atoms with Gasteiger partial charge in [0.1, 0.15) is 11.8 Å². The summed E-state index contributed by atoms with van der Waals surface area (Å²) in [6, 6.07) is 17.3. The molecule has 130 valence electrons. The Morgan fingerprint density at radius 3 is 2.50 bits per heavy atom. The molecule has 0 aliphatic rings. The first-order valence-corrected chi connectivity index (χ1v) is 7.83. The van der Waals surface area contributed by atoms with E-state index in [4.69, 9.17) is 15.2 Å². The summed E-state index contributed by atoms with van der Waals surface area (Å²) in [7, 11) is 2.85. The lowest BCUT2D eigenvalue weighted by molar-refractivity contribution is 0.0593. The molecule has 0 spiro atoms. The van der Waals surface area contributed by atoms with Gasteiger partial charge in [-0.25, -0.2) is 4.79 Å². The van der Waals surface area contributed by atoms with Gasteiger partial charge in [-0.3, -0.25) is 0 Å². The van der Waals surface area contributed by atoms with Crippen LogP contribution in [0.5, 0.6) is 5.75 Å². The molecule has 6 nitrogen and oxygen atoms in total. The molecular formula is C20H17N3O3. The first-order chi connectivity index (χ1) is 12.6. The fourth-order valence-corrected chi connectivity index (χ4v) is 2.80. The second-order valence-electron chi connectivity index (χ2n) is 5.53. The zero-order valence-electron chi connectivity index (χ0n) is 14.4. The van der Waals surface area contributed by atoms with E-state index in [9.17, 15) is 10.1 Å². The summed E-state index contributed by atoms with van der Waals surface area (Å²) < 4.78 is 11.9. The molecule has 3 aromatic rings. The minimum atomic E-state index is -0.616. The third-order valence-corrected chi connectivity index (χ3v) is 4.09. The molecule has 3 rings (SSSR count). The Kier molecular flexibility index (Phi) is 4.63. The molecule has 0 amide bonds. The molecule has 0 saturated carbocycles. The molecule has 0 fully saturated rings. The molecule has 0 aliphatic carbocycles. The number of nitriles is 1. The summed E-state index contributed by atoms with van der Waals surface area (Å²) in [5.41, 5.74) is 8.90. The quantitative estimate of drug-likeness (QED) is 0.731. The van der Waals surface area contributed by atoms with Gasteiger partial charge in [0.25, 0.3) is 0 Å². The van der Waals surface area contributed by atoms with Gasteiger partial charge in [0, 0.05) is 23.5 Å².